The number of para-hydroxylation sites is 1. The summed E-state index contributed by atoms with van der Waals surface area (Å²) >= 11 is 1.80. The Labute approximate surface area is 115 Å². The Bertz CT molecular complexity index is 604. The first-order valence-electron chi connectivity index (χ1n) is 5.33. The summed E-state index contributed by atoms with van der Waals surface area (Å²) in [4.78, 5) is 0. The van der Waals surface area contributed by atoms with Crippen molar-refractivity contribution in [1.29, 1.82) is 0 Å². The van der Waals surface area contributed by atoms with Crippen LogP contribution in [0.2, 0.25) is 0 Å². The lowest BCUT2D eigenvalue weighted by Crippen LogP contribution is -3.00. The van der Waals surface area contributed by atoms with E-state index in [9.17, 15) is 0 Å². The van der Waals surface area contributed by atoms with Crippen LogP contribution in [0.25, 0.3) is 10.2 Å². The Hall–Kier alpha value is -1.19. The molecule has 1 nitrogen and oxygen atoms in total. The Morgan fingerprint density at radius 3 is 2.41 bits per heavy atom. The maximum Gasteiger partial charge on any atom is 0.226 e. The smallest absolute Gasteiger partial charge is 0.226 e. The molecule has 0 saturated carbocycles. The Kier molecular flexibility index (Phi) is 3.92. The molecule has 0 saturated heterocycles. The van der Waals surface area contributed by atoms with E-state index in [1.165, 1.54) is 15.8 Å². The molecule has 0 N–H and O–H groups in total. The van der Waals surface area contributed by atoms with Crippen LogP contribution in [0.3, 0.4) is 0 Å². The fourth-order valence-corrected chi connectivity index (χ4v) is 2.77. The average molecular weight is 306 g/mol. The number of benzene rings is 2. The lowest BCUT2D eigenvalue weighted by molar-refractivity contribution is -0.658. The van der Waals surface area contributed by atoms with E-state index in [1.54, 1.807) is 11.3 Å². The molecular weight excluding hydrogens is 294 g/mol. The summed E-state index contributed by atoms with van der Waals surface area (Å²) in [5, 5.41) is 0. The molecule has 0 atom stereocenters. The van der Waals surface area contributed by atoms with Crippen molar-refractivity contribution in [2.75, 3.05) is 0 Å². The molecule has 86 valence electrons. The van der Waals surface area contributed by atoms with Crippen LogP contribution in [0.15, 0.2) is 60.1 Å². The predicted molar refractivity (Wildman–Crippen MR) is 67.6 cm³/mol. The minimum atomic E-state index is 0. The van der Waals surface area contributed by atoms with E-state index >= 15 is 0 Å². The van der Waals surface area contributed by atoms with Crippen molar-refractivity contribution in [3.8, 4) is 0 Å². The molecule has 2 aromatic carbocycles. The van der Waals surface area contributed by atoms with Crippen LogP contribution in [0.1, 0.15) is 5.56 Å². The molecule has 0 aliphatic carbocycles. The first-order valence-corrected chi connectivity index (χ1v) is 6.21. The number of halogens is 1. The summed E-state index contributed by atoms with van der Waals surface area (Å²) in [7, 11) is 0. The first-order chi connectivity index (χ1) is 7.93. The van der Waals surface area contributed by atoms with Crippen LogP contribution in [0.5, 0.6) is 0 Å². The second-order valence-electron chi connectivity index (χ2n) is 3.80. The van der Waals surface area contributed by atoms with E-state index < -0.39 is 0 Å². The number of aromatic nitrogens is 1. The van der Waals surface area contributed by atoms with E-state index in [0.29, 0.717) is 0 Å². The molecule has 0 radical (unpaired) electrons. The fourth-order valence-electron chi connectivity index (χ4n) is 1.87. The zero-order valence-electron chi connectivity index (χ0n) is 9.21. The van der Waals surface area contributed by atoms with Crippen LogP contribution in [-0.4, -0.2) is 0 Å². The SMILES string of the molecule is [Br-].c1ccc(C[n+]2csc3ccccc32)cc1. The Balaban J connectivity index is 0.00000108. The maximum atomic E-state index is 2.30. The van der Waals surface area contributed by atoms with E-state index in [-0.39, 0.29) is 17.0 Å². The Morgan fingerprint density at radius 1 is 0.882 bits per heavy atom. The normalized spacial score (nSPS) is 10.1. The summed E-state index contributed by atoms with van der Waals surface area (Å²) in [6.07, 6.45) is 0. The van der Waals surface area contributed by atoms with E-state index in [0.717, 1.165) is 6.54 Å². The highest BCUT2D eigenvalue weighted by atomic mass is 79.9. The van der Waals surface area contributed by atoms with Crippen LogP contribution < -0.4 is 21.5 Å². The van der Waals surface area contributed by atoms with Gasteiger partial charge in [-0.3, -0.25) is 0 Å². The molecule has 0 aliphatic heterocycles. The molecule has 0 bridgehead atoms. The van der Waals surface area contributed by atoms with Crippen molar-refractivity contribution in [3.63, 3.8) is 0 Å². The van der Waals surface area contributed by atoms with E-state index in [2.05, 4.69) is 64.7 Å². The third kappa shape index (κ3) is 2.56. The predicted octanol–water partition coefficient (Wildman–Crippen LogP) is 0.241. The van der Waals surface area contributed by atoms with Gasteiger partial charge in [0.2, 0.25) is 11.0 Å². The van der Waals surface area contributed by atoms with Gasteiger partial charge in [0.1, 0.15) is 4.70 Å². The summed E-state index contributed by atoms with van der Waals surface area (Å²) < 4.78 is 3.65. The maximum absolute atomic E-state index is 2.30. The van der Waals surface area contributed by atoms with Crippen LogP contribution in [0, 0.1) is 0 Å². The lowest BCUT2D eigenvalue weighted by Gasteiger charge is -1.95. The molecule has 0 amide bonds. The van der Waals surface area contributed by atoms with Crippen LogP contribution in [0.4, 0.5) is 0 Å². The standard InChI is InChI=1S/C14H12NS.BrH/c1-2-6-12(7-3-1)10-15-11-16-14-9-5-4-8-13(14)15;/h1-9,11H,10H2;1H/q+1;/p-1. The Morgan fingerprint density at radius 2 is 1.59 bits per heavy atom. The van der Waals surface area contributed by atoms with Gasteiger partial charge in [-0.25, -0.2) is 0 Å². The molecule has 3 aromatic rings. The van der Waals surface area contributed by atoms with Crippen molar-refractivity contribution in [1.82, 2.24) is 0 Å². The molecule has 0 spiro atoms. The molecule has 17 heavy (non-hydrogen) atoms. The van der Waals surface area contributed by atoms with E-state index in [4.69, 9.17) is 0 Å². The number of nitrogens with zero attached hydrogens (tertiary/aromatic N) is 1. The third-order valence-electron chi connectivity index (χ3n) is 2.68. The molecule has 0 fully saturated rings. The largest absolute Gasteiger partial charge is 1.00 e. The highest BCUT2D eigenvalue weighted by Gasteiger charge is 2.10. The van der Waals surface area contributed by atoms with Gasteiger partial charge in [0.15, 0.2) is 6.54 Å². The van der Waals surface area contributed by atoms with Gasteiger partial charge in [-0.2, -0.15) is 4.57 Å². The minimum Gasteiger partial charge on any atom is -1.00 e. The zero-order chi connectivity index (χ0) is 10.8. The summed E-state index contributed by atoms with van der Waals surface area (Å²) in [6, 6.07) is 19.1. The second kappa shape index (κ2) is 5.43. The number of hydrogen-bond acceptors (Lipinski definition) is 1. The number of fused-ring (bicyclic) bond motifs is 1. The summed E-state index contributed by atoms with van der Waals surface area (Å²) in [6.45, 7) is 0.949. The topological polar surface area (TPSA) is 3.88 Å². The van der Waals surface area contributed by atoms with Crippen LogP contribution in [-0.2, 0) is 6.54 Å². The van der Waals surface area contributed by atoms with Gasteiger partial charge >= 0.3 is 0 Å². The van der Waals surface area contributed by atoms with Crippen molar-refractivity contribution in [2.45, 2.75) is 6.54 Å². The highest BCUT2D eigenvalue weighted by Crippen LogP contribution is 2.15. The average Bonchev–Trinajstić information content (AvgIpc) is 2.74. The molecular formula is C14H12BrNS. The monoisotopic (exact) mass is 305 g/mol. The summed E-state index contributed by atoms with van der Waals surface area (Å²) in [5.74, 6) is 0. The minimum absolute atomic E-state index is 0. The number of thiazole rings is 1. The second-order valence-corrected chi connectivity index (χ2v) is 4.69. The third-order valence-corrected chi connectivity index (χ3v) is 3.64. The molecule has 3 heteroatoms. The zero-order valence-corrected chi connectivity index (χ0v) is 11.6. The quantitative estimate of drug-likeness (QED) is 0.597. The van der Waals surface area contributed by atoms with Crippen molar-refractivity contribution < 1.29 is 21.5 Å². The van der Waals surface area contributed by atoms with Gasteiger partial charge < -0.3 is 17.0 Å². The lowest BCUT2D eigenvalue weighted by atomic mass is 10.2. The molecule has 0 unspecified atom stereocenters. The van der Waals surface area contributed by atoms with Gasteiger partial charge in [-0.05, 0) is 6.07 Å². The molecule has 0 aliphatic rings. The molecule has 1 aromatic heterocycles. The number of rotatable bonds is 2. The van der Waals surface area contributed by atoms with Crippen LogP contribution >= 0.6 is 11.3 Å². The van der Waals surface area contributed by atoms with Gasteiger partial charge in [-0.1, -0.05) is 53.8 Å². The fraction of sp³-hybridized carbons (Fsp3) is 0.0714. The first kappa shape index (κ1) is 12.3. The molecule has 1 heterocycles. The van der Waals surface area contributed by atoms with Gasteiger partial charge in [0, 0.05) is 11.6 Å². The van der Waals surface area contributed by atoms with Crippen molar-refractivity contribution in [2.24, 2.45) is 0 Å². The van der Waals surface area contributed by atoms with Gasteiger partial charge in [0.25, 0.3) is 0 Å². The van der Waals surface area contributed by atoms with Crippen molar-refractivity contribution in [3.05, 3.63) is 65.7 Å². The van der Waals surface area contributed by atoms with Gasteiger partial charge in [-0.15, -0.1) is 0 Å². The van der Waals surface area contributed by atoms with E-state index in [1.807, 2.05) is 0 Å². The highest BCUT2D eigenvalue weighted by molar-refractivity contribution is 7.16. The van der Waals surface area contributed by atoms with Crippen molar-refractivity contribution >= 4 is 21.6 Å². The number of hydrogen-bond donors (Lipinski definition) is 0. The molecule has 3 rings (SSSR count). The van der Waals surface area contributed by atoms with Gasteiger partial charge in [0.05, 0.1) is 0 Å². The summed E-state index contributed by atoms with van der Waals surface area (Å²) in [5.41, 5.74) is 4.85.